The van der Waals surface area contributed by atoms with Crippen LogP contribution < -0.4 is 0 Å². The predicted octanol–water partition coefficient (Wildman–Crippen LogP) is 7.89. The van der Waals surface area contributed by atoms with Crippen molar-refractivity contribution in [1.29, 1.82) is 0 Å². The van der Waals surface area contributed by atoms with Crippen molar-refractivity contribution in [1.82, 2.24) is 0 Å². The molecule has 2 saturated carbocycles. The first kappa shape index (κ1) is 25.9. The van der Waals surface area contributed by atoms with E-state index in [4.69, 9.17) is 4.43 Å². The van der Waals surface area contributed by atoms with Gasteiger partial charge in [-0.25, -0.2) is 0 Å². The van der Waals surface area contributed by atoms with Gasteiger partial charge in [0.1, 0.15) is 0 Å². The standard InChI is InChI=1S/C27H50O2Si/c1-21(15-11-10-12-19-26(5,6)28)22-16-13-17-23-24(18-14-20-27(22,23)7)29-30(8,9)25(2,3)4/h10-12,19,21-24,28H,13-18,20H2,1-9H3/b11-10+,19-12+/t21-,22?,23+,24+,27-/m1/s1. The molecule has 0 heterocycles. The first-order valence-corrected chi connectivity index (χ1v) is 15.3. The summed E-state index contributed by atoms with van der Waals surface area (Å²) in [4.78, 5) is 0. The molecule has 0 amide bonds. The highest BCUT2D eigenvalue weighted by atomic mass is 28.4. The van der Waals surface area contributed by atoms with Gasteiger partial charge in [0, 0.05) is 6.10 Å². The number of allylic oxidation sites excluding steroid dienone is 3. The zero-order valence-corrected chi connectivity index (χ0v) is 22.4. The summed E-state index contributed by atoms with van der Waals surface area (Å²) in [6.07, 6.45) is 17.9. The molecule has 2 nitrogen and oxygen atoms in total. The zero-order valence-electron chi connectivity index (χ0n) is 21.4. The van der Waals surface area contributed by atoms with Gasteiger partial charge < -0.3 is 9.53 Å². The van der Waals surface area contributed by atoms with Crippen LogP contribution in [-0.2, 0) is 4.43 Å². The predicted molar refractivity (Wildman–Crippen MR) is 133 cm³/mol. The molecule has 174 valence electrons. The normalized spacial score (nSPS) is 32.5. The van der Waals surface area contributed by atoms with E-state index in [-0.39, 0.29) is 5.04 Å². The van der Waals surface area contributed by atoms with Crippen LogP contribution in [0.5, 0.6) is 0 Å². The second-order valence-corrected chi connectivity index (χ2v) is 17.4. The Bertz CT molecular complexity index is 607. The van der Waals surface area contributed by atoms with Crippen molar-refractivity contribution < 1.29 is 9.53 Å². The molecule has 0 aromatic heterocycles. The van der Waals surface area contributed by atoms with Gasteiger partial charge in [-0.2, -0.15) is 0 Å². The van der Waals surface area contributed by atoms with Gasteiger partial charge in [-0.15, -0.1) is 0 Å². The lowest BCUT2D eigenvalue weighted by atomic mass is 9.52. The maximum Gasteiger partial charge on any atom is 0.192 e. The Kier molecular flexibility index (Phi) is 8.30. The minimum atomic E-state index is -1.74. The third-order valence-electron chi connectivity index (χ3n) is 8.58. The fourth-order valence-corrected chi connectivity index (χ4v) is 7.21. The van der Waals surface area contributed by atoms with Gasteiger partial charge in [-0.1, -0.05) is 71.8 Å². The van der Waals surface area contributed by atoms with Crippen molar-refractivity contribution in [3.05, 3.63) is 24.3 Å². The van der Waals surface area contributed by atoms with Crippen LogP contribution in [0, 0.1) is 23.2 Å². The van der Waals surface area contributed by atoms with Crippen LogP contribution >= 0.6 is 0 Å². The Morgan fingerprint density at radius 3 is 2.33 bits per heavy atom. The topological polar surface area (TPSA) is 29.5 Å². The highest BCUT2D eigenvalue weighted by Gasteiger charge is 2.52. The number of hydrogen-bond donors (Lipinski definition) is 1. The van der Waals surface area contributed by atoms with Crippen molar-refractivity contribution in [3.8, 4) is 0 Å². The van der Waals surface area contributed by atoms with Gasteiger partial charge in [0.25, 0.3) is 0 Å². The molecule has 30 heavy (non-hydrogen) atoms. The average molecular weight is 435 g/mol. The molecular weight excluding hydrogens is 384 g/mol. The lowest BCUT2D eigenvalue weighted by Gasteiger charge is -2.56. The maximum absolute atomic E-state index is 9.82. The van der Waals surface area contributed by atoms with E-state index in [0.29, 0.717) is 17.4 Å². The molecule has 0 saturated heterocycles. The second kappa shape index (κ2) is 9.63. The van der Waals surface area contributed by atoms with Crippen molar-refractivity contribution in [2.45, 2.75) is 123 Å². The highest BCUT2D eigenvalue weighted by Crippen LogP contribution is 2.57. The Morgan fingerprint density at radius 2 is 1.73 bits per heavy atom. The molecule has 0 aliphatic heterocycles. The number of fused-ring (bicyclic) bond motifs is 1. The number of rotatable bonds is 7. The van der Waals surface area contributed by atoms with E-state index in [1.54, 1.807) is 0 Å². The van der Waals surface area contributed by atoms with Crippen molar-refractivity contribution in [2.75, 3.05) is 0 Å². The SMILES string of the molecule is C[C@H](C/C=C/C=C/C(C)(C)O)C1CCC[C@H]2[C@@H](O[Si](C)(C)C(C)(C)C)CCC[C@]12C. The van der Waals surface area contributed by atoms with Gasteiger partial charge in [0.2, 0.25) is 0 Å². The minimum Gasteiger partial charge on any atom is -0.414 e. The smallest absolute Gasteiger partial charge is 0.192 e. The molecular formula is C27H50O2Si. The molecule has 0 radical (unpaired) electrons. The Hall–Kier alpha value is -0.383. The third-order valence-corrected chi connectivity index (χ3v) is 13.1. The summed E-state index contributed by atoms with van der Waals surface area (Å²) in [5.41, 5.74) is -0.318. The molecule has 2 aliphatic rings. The molecule has 2 fully saturated rings. The van der Waals surface area contributed by atoms with Crippen LogP contribution in [0.15, 0.2) is 24.3 Å². The van der Waals surface area contributed by atoms with E-state index in [9.17, 15) is 5.11 Å². The van der Waals surface area contributed by atoms with E-state index in [0.717, 1.165) is 18.3 Å². The molecule has 2 rings (SSSR count). The Balaban J connectivity index is 2.09. The summed E-state index contributed by atoms with van der Waals surface area (Å²) in [5.74, 6) is 2.20. The van der Waals surface area contributed by atoms with Gasteiger partial charge >= 0.3 is 0 Å². The largest absolute Gasteiger partial charge is 0.414 e. The first-order valence-electron chi connectivity index (χ1n) is 12.4. The van der Waals surface area contributed by atoms with E-state index in [2.05, 4.69) is 59.9 Å². The molecule has 1 N–H and O–H groups in total. The van der Waals surface area contributed by atoms with Gasteiger partial charge in [0.15, 0.2) is 8.32 Å². The summed E-state index contributed by atoms with van der Waals surface area (Å²) in [7, 11) is -1.74. The van der Waals surface area contributed by atoms with Gasteiger partial charge in [-0.3, -0.25) is 0 Å². The van der Waals surface area contributed by atoms with Crippen molar-refractivity contribution >= 4 is 8.32 Å². The molecule has 0 spiro atoms. The minimum absolute atomic E-state index is 0.281. The monoisotopic (exact) mass is 434 g/mol. The lowest BCUT2D eigenvalue weighted by Crippen LogP contribution is -2.54. The average Bonchev–Trinajstić information content (AvgIpc) is 2.58. The molecule has 5 atom stereocenters. The summed E-state index contributed by atoms with van der Waals surface area (Å²) in [6.45, 7) is 20.6. The molecule has 2 aliphatic carbocycles. The summed E-state index contributed by atoms with van der Waals surface area (Å²) in [5, 5.41) is 10.1. The summed E-state index contributed by atoms with van der Waals surface area (Å²) in [6, 6.07) is 0. The van der Waals surface area contributed by atoms with Crippen molar-refractivity contribution in [3.63, 3.8) is 0 Å². The van der Waals surface area contributed by atoms with Crippen LogP contribution in [0.25, 0.3) is 0 Å². The maximum atomic E-state index is 9.82. The van der Waals surface area contributed by atoms with Crippen LogP contribution in [0.4, 0.5) is 0 Å². The highest BCUT2D eigenvalue weighted by molar-refractivity contribution is 6.74. The van der Waals surface area contributed by atoms with E-state index in [1.807, 2.05) is 26.0 Å². The quantitative estimate of drug-likeness (QED) is 0.326. The van der Waals surface area contributed by atoms with Crippen LogP contribution in [0.3, 0.4) is 0 Å². The summed E-state index contributed by atoms with van der Waals surface area (Å²) >= 11 is 0. The van der Waals surface area contributed by atoms with Crippen LogP contribution in [-0.4, -0.2) is 25.1 Å². The summed E-state index contributed by atoms with van der Waals surface area (Å²) < 4.78 is 7.04. The molecule has 0 aromatic carbocycles. The van der Waals surface area contributed by atoms with Gasteiger partial charge in [-0.05, 0) is 87.3 Å². The second-order valence-electron chi connectivity index (χ2n) is 12.6. The molecule has 3 heteroatoms. The van der Waals surface area contributed by atoms with Gasteiger partial charge in [0.05, 0.1) is 5.60 Å². The number of hydrogen-bond acceptors (Lipinski definition) is 2. The number of aliphatic hydroxyl groups is 1. The van der Waals surface area contributed by atoms with Crippen LogP contribution in [0.2, 0.25) is 18.1 Å². The molecule has 0 bridgehead atoms. The zero-order chi connectivity index (χ0) is 22.8. The molecule has 0 aromatic rings. The van der Waals surface area contributed by atoms with E-state index in [1.165, 1.54) is 38.5 Å². The third kappa shape index (κ3) is 6.33. The van der Waals surface area contributed by atoms with Crippen molar-refractivity contribution in [2.24, 2.45) is 23.2 Å². The lowest BCUT2D eigenvalue weighted by molar-refractivity contribution is -0.0862. The fraction of sp³-hybridized carbons (Fsp3) is 0.852. The Morgan fingerprint density at radius 1 is 1.07 bits per heavy atom. The fourth-order valence-electron chi connectivity index (χ4n) is 5.82. The van der Waals surface area contributed by atoms with E-state index < -0.39 is 13.9 Å². The Labute approximate surface area is 188 Å². The van der Waals surface area contributed by atoms with Crippen LogP contribution in [0.1, 0.15) is 93.4 Å². The van der Waals surface area contributed by atoms with E-state index >= 15 is 0 Å². The first-order chi connectivity index (χ1) is 13.7. The molecule has 1 unspecified atom stereocenters.